The molecular formula is C16H17ClFNOS. The molecule has 1 aromatic heterocycles. The minimum Gasteiger partial charge on any atom is -0.334 e. The predicted octanol–water partition coefficient (Wildman–Crippen LogP) is 4.66. The summed E-state index contributed by atoms with van der Waals surface area (Å²) >= 11 is 7.22. The van der Waals surface area contributed by atoms with Crippen LogP contribution in [0, 0.1) is 5.82 Å². The van der Waals surface area contributed by atoms with Gasteiger partial charge in [0.1, 0.15) is 5.82 Å². The van der Waals surface area contributed by atoms with Gasteiger partial charge >= 0.3 is 0 Å². The van der Waals surface area contributed by atoms with E-state index in [-0.39, 0.29) is 11.7 Å². The normalized spacial score (nSPS) is 15.7. The van der Waals surface area contributed by atoms with Crippen LogP contribution in [0.15, 0.2) is 24.3 Å². The van der Waals surface area contributed by atoms with Crippen LogP contribution in [0.1, 0.15) is 35.4 Å². The number of hydrogen-bond donors (Lipinski definition) is 0. The van der Waals surface area contributed by atoms with Gasteiger partial charge in [-0.25, -0.2) is 4.39 Å². The van der Waals surface area contributed by atoms with Crippen molar-refractivity contribution in [1.82, 2.24) is 4.90 Å². The van der Waals surface area contributed by atoms with Crippen LogP contribution in [0.4, 0.5) is 4.39 Å². The first-order valence-corrected chi connectivity index (χ1v) is 8.60. The first kappa shape index (κ1) is 14.8. The van der Waals surface area contributed by atoms with Gasteiger partial charge in [0.05, 0.1) is 4.88 Å². The van der Waals surface area contributed by atoms with Crippen molar-refractivity contribution in [3.63, 3.8) is 0 Å². The van der Waals surface area contributed by atoms with Gasteiger partial charge in [0.25, 0.3) is 5.91 Å². The second-order valence-electron chi connectivity index (χ2n) is 5.42. The lowest BCUT2D eigenvalue weighted by Gasteiger charge is -2.27. The molecule has 1 aliphatic carbocycles. The lowest BCUT2D eigenvalue weighted by atomic mass is 10.2. The van der Waals surface area contributed by atoms with Crippen LogP contribution in [-0.4, -0.2) is 29.3 Å². The Morgan fingerprint density at radius 3 is 2.81 bits per heavy atom. The highest BCUT2D eigenvalue weighted by molar-refractivity contribution is 7.20. The molecule has 0 unspecified atom stereocenters. The molecule has 3 rings (SSSR count). The van der Waals surface area contributed by atoms with E-state index in [1.807, 2.05) is 11.0 Å². The van der Waals surface area contributed by atoms with Gasteiger partial charge in [-0.05, 0) is 36.4 Å². The number of rotatable bonds is 4. The molecule has 0 saturated heterocycles. The number of hydrogen-bond acceptors (Lipinski definition) is 2. The largest absolute Gasteiger partial charge is 0.334 e. The van der Waals surface area contributed by atoms with E-state index in [1.54, 1.807) is 6.07 Å². The van der Waals surface area contributed by atoms with Gasteiger partial charge in [-0.3, -0.25) is 4.79 Å². The maximum absolute atomic E-state index is 13.3. The number of carbonyl (C=O) groups is 1. The summed E-state index contributed by atoms with van der Waals surface area (Å²) in [4.78, 5) is 15.3. The molecule has 5 heteroatoms. The van der Waals surface area contributed by atoms with Crippen molar-refractivity contribution in [2.24, 2.45) is 0 Å². The second kappa shape index (κ2) is 6.32. The Morgan fingerprint density at radius 1 is 1.33 bits per heavy atom. The van der Waals surface area contributed by atoms with E-state index >= 15 is 0 Å². The fourth-order valence-corrected chi connectivity index (χ4v) is 4.23. The Labute approximate surface area is 132 Å². The van der Waals surface area contributed by atoms with Gasteiger partial charge in [0.15, 0.2) is 0 Å². The van der Waals surface area contributed by atoms with Gasteiger partial charge in [-0.1, -0.05) is 18.9 Å². The summed E-state index contributed by atoms with van der Waals surface area (Å²) < 4.78 is 14.1. The SMILES string of the molecule is O=C(c1cc2ccc(F)cc2s1)N(CCCl)C1CCCC1. The van der Waals surface area contributed by atoms with Crippen LogP contribution in [0.3, 0.4) is 0 Å². The molecule has 2 nitrogen and oxygen atoms in total. The Hall–Kier alpha value is -1.13. The molecule has 0 atom stereocenters. The van der Waals surface area contributed by atoms with Crippen molar-refractivity contribution in [1.29, 1.82) is 0 Å². The van der Waals surface area contributed by atoms with Crippen LogP contribution in [0.25, 0.3) is 10.1 Å². The zero-order chi connectivity index (χ0) is 14.8. The summed E-state index contributed by atoms with van der Waals surface area (Å²) in [5.74, 6) is 0.211. The molecular weight excluding hydrogens is 309 g/mol. The van der Waals surface area contributed by atoms with Crippen molar-refractivity contribution < 1.29 is 9.18 Å². The molecule has 1 fully saturated rings. The van der Waals surface area contributed by atoms with Crippen molar-refractivity contribution in [3.8, 4) is 0 Å². The molecule has 1 aliphatic rings. The Bertz CT molecular complexity index is 651. The molecule has 1 aromatic carbocycles. The Morgan fingerprint density at radius 2 is 2.10 bits per heavy atom. The molecule has 0 N–H and O–H groups in total. The highest BCUT2D eigenvalue weighted by atomic mass is 35.5. The van der Waals surface area contributed by atoms with Crippen LogP contribution < -0.4 is 0 Å². The van der Waals surface area contributed by atoms with E-state index in [0.717, 1.165) is 22.9 Å². The fourth-order valence-electron chi connectivity index (χ4n) is 3.01. The first-order chi connectivity index (χ1) is 10.2. The second-order valence-corrected chi connectivity index (χ2v) is 6.88. The Kier molecular flexibility index (Phi) is 4.45. The summed E-state index contributed by atoms with van der Waals surface area (Å²) in [5.41, 5.74) is 0. The molecule has 112 valence electrons. The van der Waals surface area contributed by atoms with Crippen molar-refractivity contribution in [2.75, 3.05) is 12.4 Å². The molecule has 0 aliphatic heterocycles. The zero-order valence-corrected chi connectivity index (χ0v) is 13.2. The zero-order valence-electron chi connectivity index (χ0n) is 11.6. The monoisotopic (exact) mass is 325 g/mol. The molecule has 1 saturated carbocycles. The average molecular weight is 326 g/mol. The molecule has 1 amide bonds. The lowest BCUT2D eigenvalue weighted by Crippen LogP contribution is -2.39. The maximum atomic E-state index is 13.3. The molecule has 2 aromatic rings. The van der Waals surface area contributed by atoms with Crippen molar-refractivity contribution >= 4 is 38.9 Å². The van der Waals surface area contributed by atoms with E-state index in [0.29, 0.717) is 23.3 Å². The van der Waals surface area contributed by atoms with Crippen LogP contribution in [0.2, 0.25) is 0 Å². The van der Waals surface area contributed by atoms with Gasteiger partial charge in [0, 0.05) is 23.2 Å². The van der Waals surface area contributed by atoms with Gasteiger partial charge < -0.3 is 4.90 Å². The molecule has 0 bridgehead atoms. The quantitative estimate of drug-likeness (QED) is 0.748. The van der Waals surface area contributed by atoms with E-state index in [2.05, 4.69) is 0 Å². The predicted molar refractivity (Wildman–Crippen MR) is 85.8 cm³/mol. The number of fused-ring (bicyclic) bond motifs is 1. The summed E-state index contributed by atoms with van der Waals surface area (Å²) in [5, 5.41) is 0.919. The molecule has 1 heterocycles. The number of halogens is 2. The Balaban J connectivity index is 1.89. The topological polar surface area (TPSA) is 20.3 Å². The van der Waals surface area contributed by atoms with E-state index in [9.17, 15) is 9.18 Å². The summed E-state index contributed by atoms with van der Waals surface area (Å²) in [6.07, 6.45) is 4.47. The van der Waals surface area contributed by atoms with Gasteiger partial charge in [-0.2, -0.15) is 0 Å². The molecule has 0 spiro atoms. The third-order valence-electron chi connectivity index (χ3n) is 4.04. The fraction of sp³-hybridized carbons (Fsp3) is 0.438. The number of carbonyl (C=O) groups excluding carboxylic acids is 1. The highest BCUT2D eigenvalue weighted by Crippen LogP contribution is 2.30. The number of thiophene rings is 1. The minimum absolute atomic E-state index is 0.0316. The minimum atomic E-state index is -0.267. The summed E-state index contributed by atoms with van der Waals surface area (Å²) in [6, 6.07) is 6.80. The summed E-state index contributed by atoms with van der Waals surface area (Å²) in [6.45, 7) is 0.577. The van der Waals surface area contributed by atoms with Gasteiger partial charge in [-0.15, -0.1) is 22.9 Å². The van der Waals surface area contributed by atoms with Crippen LogP contribution >= 0.6 is 22.9 Å². The molecule has 21 heavy (non-hydrogen) atoms. The maximum Gasteiger partial charge on any atom is 0.264 e. The van der Waals surface area contributed by atoms with Crippen molar-refractivity contribution in [3.05, 3.63) is 35.0 Å². The third-order valence-corrected chi connectivity index (χ3v) is 5.30. The highest BCUT2D eigenvalue weighted by Gasteiger charge is 2.27. The first-order valence-electron chi connectivity index (χ1n) is 7.25. The third kappa shape index (κ3) is 3.06. The standard InChI is InChI=1S/C16H17ClFNOS/c17-7-8-19(13-3-1-2-4-13)16(20)15-9-11-5-6-12(18)10-14(11)21-15/h5-6,9-10,13H,1-4,7-8H2. The summed E-state index contributed by atoms with van der Waals surface area (Å²) in [7, 11) is 0. The van der Waals surface area contributed by atoms with Crippen LogP contribution in [0.5, 0.6) is 0 Å². The molecule has 0 radical (unpaired) electrons. The average Bonchev–Trinajstić information content (AvgIpc) is 3.12. The van der Waals surface area contributed by atoms with E-state index in [4.69, 9.17) is 11.6 Å². The van der Waals surface area contributed by atoms with Gasteiger partial charge in [0.2, 0.25) is 0 Å². The van der Waals surface area contributed by atoms with Crippen LogP contribution in [-0.2, 0) is 0 Å². The lowest BCUT2D eigenvalue weighted by molar-refractivity contribution is 0.0700. The number of nitrogens with zero attached hydrogens (tertiary/aromatic N) is 1. The van der Waals surface area contributed by atoms with E-state index in [1.165, 1.54) is 36.3 Å². The number of amides is 1. The smallest absolute Gasteiger partial charge is 0.264 e. The van der Waals surface area contributed by atoms with Crippen molar-refractivity contribution in [2.45, 2.75) is 31.7 Å². The van der Waals surface area contributed by atoms with E-state index < -0.39 is 0 Å². The number of alkyl halides is 1. The number of benzene rings is 1.